The van der Waals surface area contributed by atoms with E-state index in [2.05, 4.69) is 38.7 Å². The maximum Gasteiger partial charge on any atom is 0.361 e. The average molecular weight is 509 g/mol. The third kappa shape index (κ3) is 5.11. The van der Waals surface area contributed by atoms with Crippen LogP contribution in [0.3, 0.4) is 0 Å². The molecule has 1 N–H and O–H groups in total. The molecule has 0 radical (unpaired) electrons. The zero-order valence-corrected chi connectivity index (χ0v) is 22.4. The Bertz CT molecular complexity index is 1460. The number of hydrogen-bond acceptors (Lipinski definition) is 7. The van der Waals surface area contributed by atoms with Crippen LogP contribution in [-0.2, 0) is 9.84 Å². The number of H-pyrrole nitrogens is 1. The molecule has 1 aliphatic rings. The molecule has 1 aromatic carbocycles. The van der Waals surface area contributed by atoms with Gasteiger partial charge in [-0.15, -0.1) is 0 Å². The van der Waals surface area contributed by atoms with Crippen molar-refractivity contribution in [2.24, 2.45) is 0 Å². The molecule has 3 aromatic rings. The molecule has 0 spiro atoms. The maximum absolute atomic E-state index is 13.3. The van der Waals surface area contributed by atoms with Gasteiger partial charge in [0.2, 0.25) is 0 Å². The summed E-state index contributed by atoms with van der Waals surface area (Å²) in [6.07, 6.45) is 2.75. The fourth-order valence-corrected chi connectivity index (χ4v) is 4.51. The number of aryl methyl sites for hydroxylation is 2. The summed E-state index contributed by atoms with van der Waals surface area (Å²) in [6.45, 7) is 11.0. The first-order chi connectivity index (χ1) is 16.9. The Labute approximate surface area is 212 Å². The molecule has 0 amide bonds. The largest absolute Gasteiger partial charge is 0.422 e. The fraction of sp³-hybridized carbons (Fsp3) is 0.407. The number of anilines is 1. The van der Waals surface area contributed by atoms with Crippen LogP contribution in [0.1, 0.15) is 41.0 Å². The number of hydrogen-bond donors (Lipinski definition) is 1. The molecule has 190 valence electrons. The van der Waals surface area contributed by atoms with E-state index in [9.17, 15) is 13.2 Å². The van der Waals surface area contributed by atoms with E-state index >= 15 is 0 Å². The van der Waals surface area contributed by atoms with Crippen LogP contribution in [0.25, 0.3) is 11.0 Å². The smallest absolute Gasteiger partial charge is 0.361 e. The Hall–Kier alpha value is -3.35. The van der Waals surface area contributed by atoms with Gasteiger partial charge in [-0.05, 0) is 70.1 Å². The molecule has 0 aliphatic carbocycles. The number of ether oxygens (including phenoxy) is 1. The van der Waals surface area contributed by atoms with Crippen LogP contribution in [0, 0.1) is 25.7 Å². The van der Waals surface area contributed by atoms with E-state index in [0.29, 0.717) is 22.3 Å². The molecule has 8 nitrogen and oxygen atoms in total. The lowest BCUT2D eigenvalue weighted by Crippen LogP contribution is -2.45. The second kappa shape index (κ2) is 9.60. The number of carbonyl (C=O) groups excluding carboxylic acids is 1. The average Bonchev–Trinajstić information content (AvgIpc) is 3.16. The van der Waals surface area contributed by atoms with Gasteiger partial charge < -0.3 is 19.5 Å². The third-order valence-electron chi connectivity index (χ3n) is 6.68. The number of likely N-dealkylation sites (N-methyl/N-ethyl adjacent to an activating group) is 1. The second-order valence-electron chi connectivity index (χ2n) is 9.89. The van der Waals surface area contributed by atoms with Gasteiger partial charge in [0, 0.05) is 49.7 Å². The van der Waals surface area contributed by atoms with Crippen molar-refractivity contribution in [3.63, 3.8) is 0 Å². The van der Waals surface area contributed by atoms with Crippen LogP contribution in [0.2, 0.25) is 0 Å². The minimum atomic E-state index is -3.44. The van der Waals surface area contributed by atoms with Crippen molar-refractivity contribution in [2.45, 2.75) is 32.4 Å². The number of piperazine rings is 1. The monoisotopic (exact) mass is 508 g/mol. The molecule has 4 rings (SSSR count). The molecule has 3 heterocycles. The van der Waals surface area contributed by atoms with Gasteiger partial charge in [-0.25, -0.2) is 18.2 Å². The van der Waals surface area contributed by atoms with Gasteiger partial charge >= 0.3 is 5.97 Å². The Balaban J connectivity index is 1.67. The highest BCUT2D eigenvalue weighted by molar-refractivity contribution is 7.92. The summed E-state index contributed by atoms with van der Waals surface area (Å²) in [5.74, 6) is 5.56. The van der Waals surface area contributed by atoms with Gasteiger partial charge in [0.1, 0.15) is 21.8 Å². The summed E-state index contributed by atoms with van der Waals surface area (Å²) >= 11 is 0. The molecule has 9 heteroatoms. The van der Waals surface area contributed by atoms with Crippen molar-refractivity contribution in [1.29, 1.82) is 0 Å². The highest BCUT2D eigenvalue weighted by Gasteiger charge is 2.28. The van der Waals surface area contributed by atoms with Crippen molar-refractivity contribution in [2.75, 3.05) is 44.4 Å². The summed E-state index contributed by atoms with van der Waals surface area (Å²) in [4.78, 5) is 25.3. The quantitative estimate of drug-likeness (QED) is 0.328. The van der Waals surface area contributed by atoms with Crippen LogP contribution in [0.4, 0.5) is 5.69 Å². The molecule has 0 bridgehead atoms. The lowest BCUT2D eigenvalue weighted by Gasteiger charge is -2.36. The summed E-state index contributed by atoms with van der Waals surface area (Å²) in [5.41, 5.74) is 4.23. The zero-order chi connectivity index (χ0) is 26.3. The normalized spacial score (nSPS) is 15.0. The Morgan fingerprint density at radius 3 is 2.39 bits per heavy atom. The first-order valence-electron chi connectivity index (χ1n) is 11.8. The highest BCUT2D eigenvalue weighted by atomic mass is 32.2. The van der Waals surface area contributed by atoms with Crippen LogP contribution in [-0.4, -0.2) is 73.5 Å². The molecule has 0 unspecified atom stereocenters. The van der Waals surface area contributed by atoms with Crippen molar-refractivity contribution < 1.29 is 17.9 Å². The van der Waals surface area contributed by atoms with Gasteiger partial charge in [-0.1, -0.05) is 11.8 Å². The summed E-state index contributed by atoms with van der Waals surface area (Å²) in [6, 6.07) is 7.27. The summed E-state index contributed by atoms with van der Waals surface area (Å²) in [7, 11) is -1.31. The van der Waals surface area contributed by atoms with E-state index in [0.717, 1.165) is 43.6 Å². The maximum atomic E-state index is 13.3. The molecule has 36 heavy (non-hydrogen) atoms. The van der Waals surface area contributed by atoms with E-state index in [1.54, 1.807) is 18.3 Å². The predicted molar refractivity (Wildman–Crippen MR) is 142 cm³/mol. The molecule has 1 aliphatic heterocycles. The van der Waals surface area contributed by atoms with Crippen LogP contribution in [0.5, 0.6) is 5.75 Å². The number of carbonyl (C=O) groups is 1. The van der Waals surface area contributed by atoms with Gasteiger partial charge in [0.25, 0.3) is 0 Å². The van der Waals surface area contributed by atoms with E-state index in [4.69, 9.17) is 4.74 Å². The van der Waals surface area contributed by atoms with E-state index in [1.807, 2.05) is 26.0 Å². The number of aromatic nitrogens is 2. The predicted octanol–water partition coefficient (Wildman–Crippen LogP) is 3.33. The Morgan fingerprint density at radius 2 is 1.78 bits per heavy atom. The number of nitrogens with one attached hydrogen (secondary N) is 1. The SMILES string of the molecule is Cc1cc(OC(=O)c2[nH]c3ncccc3c2C#CC(C)(C)S(C)(=O)=O)cc(C)c1N1CCN(C)CC1. The van der Waals surface area contributed by atoms with E-state index < -0.39 is 20.6 Å². The lowest BCUT2D eigenvalue weighted by atomic mass is 10.1. The first kappa shape index (κ1) is 25.7. The number of esters is 1. The molecular formula is C27H32N4O4S. The van der Waals surface area contributed by atoms with Gasteiger partial charge in [-0.3, -0.25) is 0 Å². The molecule has 2 aromatic heterocycles. The molecule has 1 fully saturated rings. The topological polar surface area (TPSA) is 95.6 Å². The highest BCUT2D eigenvalue weighted by Crippen LogP contribution is 2.31. The summed E-state index contributed by atoms with van der Waals surface area (Å²) in [5, 5.41) is 0.624. The Morgan fingerprint density at radius 1 is 1.14 bits per heavy atom. The van der Waals surface area contributed by atoms with Crippen LogP contribution in [0.15, 0.2) is 30.5 Å². The molecular weight excluding hydrogens is 476 g/mol. The van der Waals surface area contributed by atoms with Gasteiger partial charge in [-0.2, -0.15) is 0 Å². The number of benzene rings is 1. The van der Waals surface area contributed by atoms with E-state index in [1.165, 1.54) is 19.5 Å². The number of sulfone groups is 1. The van der Waals surface area contributed by atoms with Crippen LogP contribution < -0.4 is 9.64 Å². The second-order valence-corrected chi connectivity index (χ2v) is 12.5. The van der Waals surface area contributed by atoms with Crippen molar-refractivity contribution in [1.82, 2.24) is 14.9 Å². The fourth-order valence-electron chi connectivity index (χ4n) is 4.27. The number of rotatable bonds is 4. The van der Waals surface area contributed by atoms with Gasteiger partial charge in [0.15, 0.2) is 9.84 Å². The Kier molecular flexibility index (Phi) is 6.86. The number of pyridine rings is 1. The zero-order valence-electron chi connectivity index (χ0n) is 21.6. The van der Waals surface area contributed by atoms with Crippen LogP contribution >= 0.6 is 0 Å². The number of nitrogens with zero attached hydrogens (tertiary/aromatic N) is 3. The number of aromatic amines is 1. The minimum absolute atomic E-state index is 0.138. The first-order valence-corrected chi connectivity index (χ1v) is 13.7. The van der Waals surface area contributed by atoms with Crippen molar-refractivity contribution in [3.05, 3.63) is 52.8 Å². The van der Waals surface area contributed by atoms with Crippen molar-refractivity contribution in [3.8, 4) is 17.6 Å². The summed E-state index contributed by atoms with van der Waals surface area (Å²) < 4.78 is 28.8. The lowest BCUT2D eigenvalue weighted by molar-refractivity contribution is 0.0729. The number of fused-ring (bicyclic) bond motifs is 1. The molecule has 1 saturated heterocycles. The molecule has 0 saturated carbocycles. The molecule has 0 atom stereocenters. The third-order valence-corrected chi connectivity index (χ3v) is 8.64. The van der Waals surface area contributed by atoms with E-state index in [-0.39, 0.29) is 5.69 Å². The van der Waals surface area contributed by atoms with Crippen molar-refractivity contribution >= 4 is 32.5 Å². The minimum Gasteiger partial charge on any atom is -0.422 e. The van der Waals surface area contributed by atoms with Gasteiger partial charge in [0.05, 0.1) is 5.56 Å². The standard InChI is InChI=1S/C27H32N4O4S/c1-18-16-20(17-19(2)24(18)31-14-12-30(5)13-15-31)35-26(32)23-21(9-10-27(3,4)36(6,33)34)22-8-7-11-28-25(22)29-23/h7-8,11,16-17H,12-15H2,1-6H3,(H,28,29).